The third kappa shape index (κ3) is 2.96. The van der Waals surface area contributed by atoms with Gasteiger partial charge in [0.15, 0.2) is 11.5 Å². The maximum Gasteiger partial charge on any atom is 0.203 e. The van der Waals surface area contributed by atoms with Gasteiger partial charge in [-0.05, 0) is 24.6 Å². The van der Waals surface area contributed by atoms with E-state index in [4.69, 9.17) is 18.9 Å². The molecule has 0 spiro atoms. The van der Waals surface area contributed by atoms with Crippen molar-refractivity contribution in [2.75, 3.05) is 27.9 Å². The second-order valence-corrected chi connectivity index (χ2v) is 3.57. The van der Waals surface area contributed by atoms with Gasteiger partial charge in [0.05, 0.1) is 21.3 Å². The highest BCUT2D eigenvalue weighted by Crippen LogP contribution is 2.40. The van der Waals surface area contributed by atoms with E-state index in [1.54, 1.807) is 27.4 Å². The van der Waals surface area contributed by atoms with Crippen LogP contribution in [0, 0.1) is 0 Å². The lowest BCUT2D eigenvalue weighted by Gasteiger charge is -2.18. The van der Waals surface area contributed by atoms with E-state index in [9.17, 15) is 0 Å². The van der Waals surface area contributed by atoms with Crippen LogP contribution in [0.15, 0.2) is 24.8 Å². The Kier molecular flexibility index (Phi) is 5.52. The van der Waals surface area contributed by atoms with Crippen LogP contribution in [0.3, 0.4) is 0 Å². The van der Waals surface area contributed by atoms with Crippen molar-refractivity contribution in [2.45, 2.75) is 13.0 Å². The number of rotatable bonds is 7. The molecule has 18 heavy (non-hydrogen) atoms. The van der Waals surface area contributed by atoms with Gasteiger partial charge >= 0.3 is 0 Å². The van der Waals surface area contributed by atoms with Gasteiger partial charge < -0.3 is 18.9 Å². The fourth-order valence-electron chi connectivity index (χ4n) is 1.75. The minimum atomic E-state index is -0.191. The first kappa shape index (κ1) is 14.4. The van der Waals surface area contributed by atoms with Crippen LogP contribution in [-0.2, 0) is 4.74 Å². The Morgan fingerprint density at radius 3 is 2.00 bits per heavy atom. The van der Waals surface area contributed by atoms with Gasteiger partial charge in [0.2, 0.25) is 5.75 Å². The fourth-order valence-corrected chi connectivity index (χ4v) is 1.75. The average molecular weight is 252 g/mol. The minimum Gasteiger partial charge on any atom is -0.493 e. The van der Waals surface area contributed by atoms with Crippen LogP contribution < -0.4 is 14.2 Å². The highest BCUT2D eigenvalue weighted by molar-refractivity contribution is 5.54. The Hall–Kier alpha value is -1.68. The summed E-state index contributed by atoms with van der Waals surface area (Å²) in [6.45, 7) is 6.32. The lowest BCUT2D eigenvalue weighted by atomic mass is 10.1. The molecule has 0 saturated carbocycles. The van der Waals surface area contributed by atoms with Crippen molar-refractivity contribution < 1.29 is 18.9 Å². The molecule has 0 saturated heterocycles. The van der Waals surface area contributed by atoms with Gasteiger partial charge in [0.1, 0.15) is 6.10 Å². The largest absolute Gasteiger partial charge is 0.493 e. The summed E-state index contributed by atoms with van der Waals surface area (Å²) in [6.07, 6.45) is 1.55. The first-order valence-electron chi connectivity index (χ1n) is 5.75. The number of hydrogen-bond donors (Lipinski definition) is 0. The van der Waals surface area contributed by atoms with Gasteiger partial charge in [0.25, 0.3) is 0 Å². The van der Waals surface area contributed by atoms with Crippen molar-refractivity contribution in [2.24, 2.45) is 0 Å². The van der Waals surface area contributed by atoms with Crippen molar-refractivity contribution in [3.05, 3.63) is 30.4 Å². The molecule has 0 aliphatic carbocycles. The molecule has 1 aromatic rings. The molecule has 1 aromatic carbocycles. The number of methoxy groups -OCH3 is 3. The Bertz CT molecular complexity index is 376. The standard InChI is InChI=1S/C14H20O4/c1-6-11(18-7-2)10-8-12(15-3)14(17-5)13(9-10)16-4/h6,8-9,11H,1,7H2,2-5H3. The summed E-state index contributed by atoms with van der Waals surface area (Å²) in [5.74, 6) is 1.79. The van der Waals surface area contributed by atoms with Crippen molar-refractivity contribution in [3.63, 3.8) is 0 Å². The SMILES string of the molecule is C=CC(OCC)c1cc(OC)c(OC)c(OC)c1. The van der Waals surface area contributed by atoms with Gasteiger partial charge in [-0.2, -0.15) is 0 Å². The summed E-state index contributed by atoms with van der Waals surface area (Å²) in [5, 5.41) is 0. The van der Waals surface area contributed by atoms with Gasteiger partial charge in [-0.25, -0.2) is 0 Å². The zero-order valence-electron chi connectivity index (χ0n) is 11.4. The van der Waals surface area contributed by atoms with Gasteiger partial charge in [-0.1, -0.05) is 6.08 Å². The molecular formula is C14H20O4. The van der Waals surface area contributed by atoms with E-state index in [1.807, 2.05) is 19.1 Å². The van der Waals surface area contributed by atoms with Gasteiger partial charge in [-0.3, -0.25) is 0 Å². The first-order chi connectivity index (χ1) is 8.71. The number of hydrogen-bond acceptors (Lipinski definition) is 4. The third-order valence-corrected chi connectivity index (χ3v) is 2.58. The van der Waals surface area contributed by atoms with Crippen LogP contribution in [0.4, 0.5) is 0 Å². The quantitative estimate of drug-likeness (QED) is 0.699. The third-order valence-electron chi connectivity index (χ3n) is 2.58. The molecule has 100 valence electrons. The maximum atomic E-state index is 5.58. The molecule has 0 amide bonds. The van der Waals surface area contributed by atoms with E-state index < -0.39 is 0 Å². The summed E-state index contributed by atoms with van der Waals surface area (Å²) in [7, 11) is 4.75. The molecule has 0 N–H and O–H groups in total. The Morgan fingerprint density at radius 1 is 1.11 bits per heavy atom. The molecule has 4 heteroatoms. The van der Waals surface area contributed by atoms with Crippen LogP contribution in [0.1, 0.15) is 18.6 Å². The Morgan fingerprint density at radius 2 is 1.67 bits per heavy atom. The predicted octanol–water partition coefficient (Wildman–Crippen LogP) is 2.98. The minimum absolute atomic E-state index is 0.191. The van der Waals surface area contributed by atoms with E-state index in [-0.39, 0.29) is 6.10 Å². The summed E-state index contributed by atoms with van der Waals surface area (Å²) < 4.78 is 21.4. The van der Waals surface area contributed by atoms with Crippen molar-refractivity contribution in [1.29, 1.82) is 0 Å². The monoisotopic (exact) mass is 252 g/mol. The molecule has 4 nitrogen and oxygen atoms in total. The molecule has 1 atom stereocenters. The second kappa shape index (κ2) is 6.91. The van der Waals surface area contributed by atoms with E-state index in [2.05, 4.69) is 6.58 Å². The molecule has 0 heterocycles. The van der Waals surface area contributed by atoms with Crippen LogP contribution in [-0.4, -0.2) is 27.9 Å². The predicted molar refractivity (Wildman–Crippen MR) is 70.7 cm³/mol. The van der Waals surface area contributed by atoms with Crippen LogP contribution >= 0.6 is 0 Å². The molecule has 0 fully saturated rings. The second-order valence-electron chi connectivity index (χ2n) is 3.57. The fraction of sp³-hybridized carbons (Fsp3) is 0.429. The summed E-state index contributed by atoms with van der Waals surface area (Å²) in [6, 6.07) is 3.73. The topological polar surface area (TPSA) is 36.9 Å². The van der Waals surface area contributed by atoms with Gasteiger partial charge in [-0.15, -0.1) is 6.58 Å². The molecular weight excluding hydrogens is 232 g/mol. The Labute approximate surface area is 108 Å². The normalized spacial score (nSPS) is 11.8. The maximum absolute atomic E-state index is 5.58. The average Bonchev–Trinajstić information content (AvgIpc) is 2.42. The summed E-state index contributed by atoms with van der Waals surface area (Å²) in [4.78, 5) is 0. The zero-order chi connectivity index (χ0) is 13.5. The first-order valence-corrected chi connectivity index (χ1v) is 5.75. The molecule has 1 unspecified atom stereocenters. The lowest BCUT2D eigenvalue weighted by Crippen LogP contribution is -2.03. The van der Waals surface area contributed by atoms with Crippen molar-refractivity contribution in [3.8, 4) is 17.2 Å². The summed E-state index contributed by atoms with van der Waals surface area (Å²) in [5.41, 5.74) is 0.918. The van der Waals surface area contributed by atoms with E-state index in [0.717, 1.165) is 5.56 Å². The molecule has 0 aliphatic heterocycles. The highest BCUT2D eigenvalue weighted by Gasteiger charge is 2.17. The van der Waals surface area contributed by atoms with Gasteiger partial charge in [0, 0.05) is 6.61 Å². The van der Waals surface area contributed by atoms with E-state index >= 15 is 0 Å². The molecule has 1 rings (SSSR count). The summed E-state index contributed by atoms with van der Waals surface area (Å²) >= 11 is 0. The molecule has 0 radical (unpaired) electrons. The smallest absolute Gasteiger partial charge is 0.203 e. The number of ether oxygens (including phenoxy) is 4. The van der Waals surface area contributed by atoms with Crippen LogP contribution in [0.5, 0.6) is 17.2 Å². The Balaban J connectivity index is 3.25. The van der Waals surface area contributed by atoms with Crippen LogP contribution in [0.2, 0.25) is 0 Å². The lowest BCUT2D eigenvalue weighted by molar-refractivity contribution is 0.0966. The van der Waals surface area contributed by atoms with Crippen molar-refractivity contribution in [1.82, 2.24) is 0 Å². The molecule has 0 bridgehead atoms. The molecule has 0 aromatic heterocycles. The number of benzene rings is 1. The van der Waals surface area contributed by atoms with E-state index in [0.29, 0.717) is 23.9 Å². The van der Waals surface area contributed by atoms with Crippen molar-refractivity contribution >= 4 is 0 Å². The zero-order valence-corrected chi connectivity index (χ0v) is 11.4. The highest BCUT2D eigenvalue weighted by atomic mass is 16.5. The van der Waals surface area contributed by atoms with E-state index in [1.165, 1.54) is 0 Å². The van der Waals surface area contributed by atoms with Crippen LogP contribution in [0.25, 0.3) is 0 Å². The molecule has 0 aliphatic rings.